The predicted octanol–water partition coefficient (Wildman–Crippen LogP) is 4.51. The van der Waals surface area contributed by atoms with Crippen LogP contribution < -0.4 is 9.47 Å². The van der Waals surface area contributed by atoms with E-state index < -0.39 is 0 Å². The van der Waals surface area contributed by atoms with Crippen LogP contribution in [0.4, 0.5) is 0 Å². The summed E-state index contributed by atoms with van der Waals surface area (Å²) in [4.78, 5) is 0. The number of nitrogens with zero attached hydrogens (tertiary/aromatic N) is 3. The van der Waals surface area contributed by atoms with Crippen molar-refractivity contribution in [3.05, 3.63) is 33.3 Å². The van der Waals surface area contributed by atoms with E-state index in [1.54, 1.807) is 17.0 Å². The van der Waals surface area contributed by atoms with Gasteiger partial charge < -0.3 is 14.2 Å². The fourth-order valence-corrected chi connectivity index (χ4v) is 3.25. The van der Waals surface area contributed by atoms with Gasteiger partial charge in [-0.1, -0.05) is 11.6 Å². The molecule has 1 saturated heterocycles. The van der Waals surface area contributed by atoms with Crippen molar-refractivity contribution in [3.63, 3.8) is 0 Å². The predicted molar refractivity (Wildman–Crippen MR) is 107 cm³/mol. The molecule has 7 nitrogen and oxygen atoms in total. The van der Waals surface area contributed by atoms with E-state index in [2.05, 4.69) is 15.3 Å². The summed E-state index contributed by atoms with van der Waals surface area (Å²) in [6.45, 7) is 7.01. The van der Waals surface area contributed by atoms with Crippen molar-refractivity contribution >= 4 is 30.0 Å². The Balaban J connectivity index is 1.91. The molecule has 2 aromatic rings. The fraction of sp³-hybridized carbons (Fsp3) is 0.500. The Labute approximate surface area is 168 Å². The van der Waals surface area contributed by atoms with Crippen molar-refractivity contribution in [2.75, 3.05) is 13.2 Å². The zero-order valence-electron chi connectivity index (χ0n) is 15.6. The zero-order chi connectivity index (χ0) is 19.4. The average Bonchev–Trinajstić information content (AvgIpc) is 3.25. The lowest BCUT2D eigenvalue weighted by atomic mass is 10.2. The van der Waals surface area contributed by atoms with Gasteiger partial charge in [-0.2, -0.15) is 14.9 Å². The number of aromatic amines is 1. The molecule has 27 heavy (non-hydrogen) atoms. The van der Waals surface area contributed by atoms with Crippen molar-refractivity contribution in [2.45, 2.75) is 45.8 Å². The van der Waals surface area contributed by atoms with Crippen LogP contribution in [-0.4, -0.2) is 40.4 Å². The van der Waals surface area contributed by atoms with Crippen LogP contribution in [0.2, 0.25) is 5.02 Å². The average molecular weight is 411 g/mol. The second kappa shape index (κ2) is 8.86. The molecule has 1 N–H and O–H groups in total. The molecule has 9 heteroatoms. The van der Waals surface area contributed by atoms with Gasteiger partial charge in [0.2, 0.25) is 4.77 Å². The number of hydrogen-bond donors (Lipinski definition) is 1. The number of H-pyrrole nitrogens is 1. The van der Waals surface area contributed by atoms with E-state index in [0.717, 1.165) is 25.0 Å². The van der Waals surface area contributed by atoms with Crippen molar-refractivity contribution in [3.8, 4) is 11.5 Å². The Hall–Kier alpha value is -1.90. The van der Waals surface area contributed by atoms with Gasteiger partial charge in [-0.3, -0.25) is 5.10 Å². The molecule has 1 aromatic carbocycles. The van der Waals surface area contributed by atoms with Gasteiger partial charge in [0, 0.05) is 6.61 Å². The van der Waals surface area contributed by atoms with Gasteiger partial charge >= 0.3 is 0 Å². The highest BCUT2D eigenvalue weighted by Crippen LogP contribution is 2.37. The van der Waals surface area contributed by atoms with Crippen LogP contribution in [0.25, 0.3) is 0 Å². The number of ether oxygens (including phenoxy) is 3. The molecule has 2 heterocycles. The third kappa shape index (κ3) is 4.69. The van der Waals surface area contributed by atoms with E-state index in [0.29, 0.717) is 33.7 Å². The Kier molecular flexibility index (Phi) is 6.51. The Bertz CT molecular complexity index is 872. The van der Waals surface area contributed by atoms with Gasteiger partial charge in [-0.05, 0) is 63.5 Å². The summed E-state index contributed by atoms with van der Waals surface area (Å²) in [5.41, 5.74) is 0.765. The van der Waals surface area contributed by atoms with Gasteiger partial charge in [0.05, 0.1) is 23.9 Å². The number of halogens is 1. The lowest BCUT2D eigenvalue weighted by Crippen LogP contribution is -2.08. The SMILES string of the molecule is CCOc1cc(/C=N\n2c(C3CCCO3)n[nH]c2=S)cc(Cl)c1OC(C)C. The maximum Gasteiger partial charge on any atom is 0.216 e. The molecular weight excluding hydrogens is 388 g/mol. The summed E-state index contributed by atoms with van der Waals surface area (Å²) >= 11 is 11.7. The number of rotatable bonds is 7. The molecule has 1 unspecified atom stereocenters. The third-order valence-corrected chi connectivity index (χ3v) is 4.45. The maximum atomic E-state index is 6.41. The molecule has 1 aliphatic heterocycles. The summed E-state index contributed by atoms with van der Waals surface area (Å²) in [6.07, 6.45) is 3.45. The van der Waals surface area contributed by atoms with E-state index >= 15 is 0 Å². The summed E-state index contributed by atoms with van der Waals surface area (Å²) in [6, 6.07) is 3.62. The summed E-state index contributed by atoms with van der Waals surface area (Å²) in [7, 11) is 0. The first-order valence-electron chi connectivity index (χ1n) is 8.95. The molecule has 1 fully saturated rings. The molecule has 1 aliphatic rings. The molecular formula is C18H23ClN4O3S. The Morgan fingerprint density at radius 3 is 3.00 bits per heavy atom. The highest BCUT2D eigenvalue weighted by Gasteiger charge is 2.23. The van der Waals surface area contributed by atoms with Crippen LogP contribution in [0.1, 0.15) is 51.1 Å². The second-order valence-electron chi connectivity index (χ2n) is 6.37. The zero-order valence-corrected chi connectivity index (χ0v) is 17.1. The summed E-state index contributed by atoms with van der Waals surface area (Å²) in [5, 5.41) is 12.0. The second-order valence-corrected chi connectivity index (χ2v) is 7.17. The molecule has 1 atom stereocenters. The Morgan fingerprint density at radius 1 is 1.52 bits per heavy atom. The van der Waals surface area contributed by atoms with Crippen molar-refractivity contribution < 1.29 is 14.2 Å². The highest BCUT2D eigenvalue weighted by molar-refractivity contribution is 7.71. The van der Waals surface area contributed by atoms with Crippen LogP contribution in [0.15, 0.2) is 17.2 Å². The van der Waals surface area contributed by atoms with Crippen LogP contribution in [0.5, 0.6) is 11.5 Å². The number of benzene rings is 1. The van der Waals surface area contributed by atoms with Crippen molar-refractivity contribution in [1.29, 1.82) is 0 Å². The third-order valence-electron chi connectivity index (χ3n) is 3.90. The van der Waals surface area contributed by atoms with Gasteiger partial charge in [0.15, 0.2) is 17.3 Å². The summed E-state index contributed by atoms with van der Waals surface area (Å²) < 4.78 is 19.2. The normalized spacial score (nSPS) is 17.1. The fourth-order valence-electron chi connectivity index (χ4n) is 2.81. The molecule has 0 radical (unpaired) electrons. The van der Waals surface area contributed by atoms with Crippen LogP contribution >= 0.6 is 23.8 Å². The van der Waals surface area contributed by atoms with Gasteiger partial charge in [0.25, 0.3) is 0 Å². The molecule has 0 bridgehead atoms. The maximum absolute atomic E-state index is 6.41. The smallest absolute Gasteiger partial charge is 0.216 e. The minimum atomic E-state index is -0.0977. The standard InChI is InChI=1S/C18H23ClN4O3S/c1-4-24-15-9-12(8-13(19)16(15)26-11(2)3)10-20-23-17(21-22-18(23)27)14-6-5-7-25-14/h8-11,14H,4-7H2,1-3H3,(H,22,27)/b20-10-. The molecule has 0 saturated carbocycles. The molecule has 0 amide bonds. The minimum absolute atomic E-state index is 0.0144. The van der Waals surface area contributed by atoms with Crippen molar-refractivity contribution in [2.24, 2.45) is 5.10 Å². The summed E-state index contributed by atoms with van der Waals surface area (Å²) in [5.74, 6) is 1.78. The quantitative estimate of drug-likeness (QED) is 0.536. The number of aromatic nitrogens is 3. The highest BCUT2D eigenvalue weighted by atomic mass is 35.5. The first-order valence-corrected chi connectivity index (χ1v) is 9.74. The molecule has 3 rings (SSSR count). The van der Waals surface area contributed by atoms with E-state index in [4.69, 9.17) is 38.0 Å². The largest absolute Gasteiger partial charge is 0.490 e. The number of nitrogens with one attached hydrogen (secondary N) is 1. The van der Waals surface area contributed by atoms with E-state index in [1.807, 2.05) is 26.8 Å². The Morgan fingerprint density at radius 2 is 2.33 bits per heavy atom. The van der Waals surface area contributed by atoms with E-state index in [9.17, 15) is 0 Å². The topological polar surface area (TPSA) is 73.7 Å². The van der Waals surface area contributed by atoms with E-state index in [-0.39, 0.29) is 12.2 Å². The molecule has 146 valence electrons. The van der Waals surface area contributed by atoms with E-state index in [1.165, 1.54) is 0 Å². The molecule has 0 spiro atoms. The monoisotopic (exact) mass is 410 g/mol. The van der Waals surface area contributed by atoms with Gasteiger partial charge in [-0.25, -0.2) is 0 Å². The number of hydrogen-bond acceptors (Lipinski definition) is 6. The lowest BCUT2D eigenvalue weighted by molar-refractivity contribution is 0.102. The lowest BCUT2D eigenvalue weighted by Gasteiger charge is -2.16. The van der Waals surface area contributed by atoms with Crippen molar-refractivity contribution in [1.82, 2.24) is 14.9 Å². The van der Waals surface area contributed by atoms with Gasteiger partial charge in [0.1, 0.15) is 6.10 Å². The van der Waals surface area contributed by atoms with Gasteiger partial charge in [-0.15, -0.1) is 0 Å². The van der Waals surface area contributed by atoms with Crippen LogP contribution in [-0.2, 0) is 4.74 Å². The van der Waals surface area contributed by atoms with Crippen LogP contribution in [0, 0.1) is 4.77 Å². The molecule has 1 aromatic heterocycles. The minimum Gasteiger partial charge on any atom is -0.490 e. The van der Waals surface area contributed by atoms with Crippen LogP contribution in [0.3, 0.4) is 0 Å². The molecule has 0 aliphatic carbocycles. The first-order chi connectivity index (χ1) is 13.0. The first kappa shape index (κ1) is 19.9.